The molecule has 1 fully saturated rings. The molecule has 0 amide bonds. The van der Waals surface area contributed by atoms with Gasteiger partial charge in [0.05, 0.1) is 6.61 Å². The molecule has 0 aromatic carbocycles. The maximum absolute atomic E-state index is 12.8. The van der Waals surface area contributed by atoms with Crippen LogP contribution in [0.25, 0.3) is 0 Å². The largest absolute Gasteiger partial charge is 0.479 e. The van der Waals surface area contributed by atoms with E-state index in [-0.39, 0.29) is 19.4 Å². The maximum Gasteiger partial charge on any atom is 0.335 e. The lowest BCUT2D eigenvalue weighted by atomic mass is 9.99. The molecule has 0 aromatic heterocycles. The van der Waals surface area contributed by atoms with Crippen LogP contribution in [0, 0.1) is 0 Å². The van der Waals surface area contributed by atoms with Crippen LogP contribution in [0.15, 0.2) is 72.9 Å². The summed E-state index contributed by atoms with van der Waals surface area (Å²) < 4.78 is 21.6. The summed E-state index contributed by atoms with van der Waals surface area (Å²) in [7, 11) is 0. The number of hydrogen-bond donors (Lipinski definition) is 4. The Kier molecular flexibility index (Phi) is 35.1. The van der Waals surface area contributed by atoms with Gasteiger partial charge in [0.15, 0.2) is 18.5 Å². The van der Waals surface area contributed by atoms with E-state index in [1.807, 2.05) is 12.2 Å². The van der Waals surface area contributed by atoms with E-state index in [9.17, 15) is 34.8 Å². The number of rotatable bonds is 37. The average molecular weight is 845 g/mol. The number of aliphatic carboxylic acids is 1. The van der Waals surface area contributed by atoms with Gasteiger partial charge in [-0.1, -0.05) is 157 Å². The molecule has 0 aliphatic carbocycles. The average Bonchev–Trinajstić information content (AvgIpc) is 3.23. The Morgan fingerprint density at radius 3 is 1.55 bits per heavy atom. The summed E-state index contributed by atoms with van der Waals surface area (Å²) in [6.07, 6.45) is 39.7. The molecule has 1 heterocycles. The molecule has 4 N–H and O–H groups in total. The summed E-state index contributed by atoms with van der Waals surface area (Å²) in [5.41, 5.74) is 0. The fraction of sp³-hybridized carbons (Fsp3) is 0.694. The molecule has 0 spiro atoms. The van der Waals surface area contributed by atoms with Crippen molar-refractivity contribution in [3.63, 3.8) is 0 Å². The molecule has 342 valence electrons. The van der Waals surface area contributed by atoms with Gasteiger partial charge >= 0.3 is 17.9 Å². The van der Waals surface area contributed by atoms with Crippen LogP contribution in [0.1, 0.15) is 168 Å². The highest BCUT2D eigenvalue weighted by atomic mass is 16.7. The number of esters is 2. The second-order valence-electron chi connectivity index (χ2n) is 15.5. The van der Waals surface area contributed by atoms with E-state index in [1.165, 1.54) is 70.6 Å². The molecular weight excluding hydrogens is 765 g/mol. The first-order valence-corrected chi connectivity index (χ1v) is 23.0. The van der Waals surface area contributed by atoms with Crippen LogP contribution >= 0.6 is 0 Å². The zero-order chi connectivity index (χ0) is 43.9. The third kappa shape index (κ3) is 29.8. The van der Waals surface area contributed by atoms with Crippen LogP contribution in [0.4, 0.5) is 0 Å². The number of carboxylic acid groups (broad SMARTS) is 1. The monoisotopic (exact) mass is 845 g/mol. The normalized spacial score (nSPS) is 20.4. The highest BCUT2D eigenvalue weighted by molar-refractivity contribution is 5.73. The highest BCUT2D eigenvalue weighted by Crippen LogP contribution is 2.23. The molecule has 0 saturated carbocycles. The molecule has 0 aromatic rings. The van der Waals surface area contributed by atoms with E-state index in [0.717, 1.165) is 57.8 Å². The van der Waals surface area contributed by atoms with Crippen molar-refractivity contribution in [2.24, 2.45) is 0 Å². The van der Waals surface area contributed by atoms with Crippen LogP contribution in [0.3, 0.4) is 0 Å². The molecular formula is C49H80O11. The first kappa shape index (κ1) is 54.7. The maximum atomic E-state index is 12.8. The highest BCUT2D eigenvalue weighted by Gasteiger charge is 2.47. The van der Waals surface area contributed by atoms with Crippen LogP contribution in [-0.4, -0.2) is 88.4 Å². The number of allylic oxidation sites excluding steroid dienone is 12. The number of aliphatic hydroxyl groups excluding tert-OH is 3. The second-order valence-corrected chi connectivity index (χ2v) is 15.5. The third-order valence-electron chi connectivity index (χ3n) is 10.1. The fourth-order valence-corrected chi connectivity index (χ4v) is 6.45. The van der Waals surface area contributed by atoms with Gasteiger partial charge in [0.1, 0.15) is 24.9 Å². The van der Waals surface area contributed by atoms with E-state index in [4.69, 9.17) is 18.9 Å². The van der Waals surface area contributed by atoms with E-state index >= 15 is 0 Å². The van der Waals surface area contributed by atoms with Gasteiger partial charge in [-0.2, -0.15) is 0 Å². The summed E-state index contributed by atoms with van der Waals surface area (Å²) in [6.45, 7) is 3.61. The van der Waals surface area contributed by atoms with Crippen LogP contribution in [-0.2, 0) is 33.3 Å². The molecule has 0 bridgehead atoms. The van der Waals surface area contributed by atoms with E-state index in [2.05, 4.69) is 74.6 Å². The number of unbranched alkanes of at least 4 members (excludes halogenated alkanes) is 14. The summed E-state index contributed by atoms with van der Waals surface area (Å²) in [5.74, 6) is -2.56. The number of aliphatic hydroxyl groups is 3. The molecule has 1 rings (SSSR count). The van der Waals surface area contributed by atoms with Crippen LogP contribution in [0.2, 0.25) is 0 Å². The lowest BCUT2D eigenvalue weighted by Gasteiger charge is -2.38. The van der Waals surface area contributed by atoms with Gasteiger partial charge in [-0.25, -0.2) is 4.79 Å². The Morgan fingerprint density at radius 1 is 0.533 bits per heavy atom. The van der Waals surface area contributed by atoms with Gasteiger partial charge in [0.25, 0.3) is 0 Å². The number of hydrogen-bond acceptors (Lipinski definition) is 10. The molecule has 1 saturated heterocycles. The van der Waals surface area contributed by atoms with Crippen molar-refractivity contribution < 1.29 is 53.8 Å². The van der Waals surface area contributed by atoms with Crippen molar-refractivity contribution in [3.05, 3.63) is 72.9 Å². The topological polar surface area (TPSA) is 169 Å². The predicted molar refractivity (Wildman–Crippen MR) is 238 cm³/mol. The number of carbonyl (C=O) groups is 3. The molecule has 11 heteroatoms. The standard InChI is InChI=1S/C49H80O11/c1-3-5-7-9-11-13-15-17-18-19-20-21-22-23-24-26-28-30-32-34-36-38-43(51)59-41(40-58-49-46(54)44(52)45(53)47(60-49)48(55)56)39-57-42(50)37-35-33-31-29-27-25-16-14-12-10-8-6-4-2/h6,8,12,14-15,17,19-20,25,27,31,33,41,44-47,49,52-54H,3-5,7,9-11,13,16,18,21-24,26,28-30,32,34-40H2,1-2H3,(H,55,56)/b8-6-,14-12-,17-15-,20-19-,27-25-,33-31-. The number of ether oxygens (including phenoxy) is 4. The van der Waals surface area contributed by atoms with Crippen molar-refractivity contribution in [1.29, 1.82) is 0 Å². The zero-order valence-corrected chi connectivity index (χ0v) is 36.9. The van der Waals surface area contributed by atoms with Gasteiger partial charge in [-0.15, -0.1) is 0 Å². The van der Waals surface area contributed by atoms with Crippen molar-refractivity contribution >= 4 is 17.9 Å². The first-order chi connectivity index (χ1) is 29.2. The summed E-state index contributed by atoms with van der Waals surface area (Å²) in [4.78, 5) is 36.8. The third-order valence-corrected chi connectivity index (χ3v) is 10.1. The minimum absolute atomic E-state index is 0.110. The van der Waals surface area contributed by atoms with Gasteiger partial charge < -0.3 is 39.4 Å². The van der Waals surface area contributed by atoms with Gasteiger partial charge in [0.2, 0.25) is 0 Å². The van der Waals surface area contributed by atoms with E-state index in [0.29, 0.717) is 12.8 Å². The quantitative estimate of drug-likeness (QED) is 0.0267. The van der Waals surface area contributed by atoms with E-state index in [1.54, 1.807) is 0 Å². The lowest BCUT2D eigenvalue weighted by Crippen LogP contribution is -2.60. The number of carbonyl (C=O) groups excluding carboxylic acids is 2. The second kappa shape index (κ2) is 38.6. The smallest absolute Gasteiger partial charge is 0.335 e. The molecule has 60 heavy (non-hydrogen) atoms. The van der Waals surface area contributed by atoms with Crippen molar-refractivity contribution in [2.45, 2.75) is 205 Å². The lowest BCUT2D eigenvalue weighted by molar-refractivity contribution is -0.298. The first-order valence-electron chi connectivity index (χ1n) is 23.0. The minimum atomic E-state index is -1.87. The van der Waals surface area contributed by atoms with Crippen molar-refractivity contribution in [2.75, 3.05) is 13.2 Å². The SMILES string of the molecule is CC/C=C\C/C=C\C/C=C\C/C=C\CCC(=O)OCC(COC1OC(C(=O)O)C(O)C(O)C1O)OC(=O)CCCCCCCCCCC/C=C\C/C=C\CCCCCCC. The number of carboxylic acids is 1. The van der Waals surface area contributed by atoms with Gasteiger partial charge in [0, 0.05) is 12.8 Å². The minimum Gasteiger partial charge on any atom is -0.479 e. The Bertz CT molecular complexity index is 1270. The fourth-order valence-electron chi connectivity index (χ4n) is 6.45. The molecule has 6 atom stereocenters. The van der Waals surface area contributed by atoms with Crippen molar-refractivity contribution in [1.82, 2.24) is 0 Å². The van der Waals surface area contributed by atoms with Crippen molar-refractivity contribution in [3.8, 4) is 0 Å². The molecule has 0 radical (unpaired) electrons. The Labute approximate surface area is 361 Å². The zero-order valence-electron chi connectivity index (χ0n) is 36.9. The molecule has 11 nitrogen and oxygen atoms in total. The van der Waals surface area contributed by atoms with Crippen LogP contribution < -0.4 is 0 Å². The summed E-state index contributed by atoms with van der Waals surface area (Å²) in [5, 5.41) is 39.8. The summed E-state index contributed by atoms with van der Waals surface area (Å²) >= 11 is 0. The molecule has 1 aliphatic rings. The van der Waals surface area contributed by atoms with Gasteiger partial charge in [-0.05, 0) is 70.6 Å². The Balaban J connectivity index is 2.38. The predicted octanol–water partition coefficient (Wildman–Crippen LogP) is 10.1. The van der Waals surface area contributed by atoms with Crippen LogP contribution in [0.5, 0.6) is 0 Å². The Morgan fingerprint density at radius 2 is 1.02 bits per heavy atom. The Hall–Kier alpha value is -3.35. The molecule has 6 unspecified atom stereocenters. The van der Waals surface area contributed by atoms with E-state index < -0.39 is 61.3 Å². The van der Waals surface area contributed by atoms with Gasteiger partial charge in [-0.3, -0.25) is 9.59 Å². The summed E-state index contributed by atoms with van der Waals surface area (Å²) in [6, 6.07) is 0. The molecule has 1 aliphatic heterocycles.